The van der Waals surface area contributed by atoms with Crippen molar-refractivity contribution in [2.45, 2.75) is 38.3 Å². The molecule has 0 bridgehead atoms. The van der Waals surface area contributed by atoms with E-state index in [0.29, 0.717) is 0 Å². The van der Waals surface area contributed by atoms with Gasteiger partial charge in [0.25, 0.3) is 0 Å². The molecule has 12 heavy (non-hydrogen) atoms. The fourth-order valence-electron chi connectivity index (χ4n) is 1.90. The number of aliphatic hydroxyl groups excluding tert-OH is 2. The highest BCUT2D eigenvalue weighted by Gasteiger charge is 2.24. The lowest BCUT2D eigenvalue weighted by Gasteiger charge is -2.38. The third-order valence-electron chi connectivity index (χ3n) is 2.71. The number of hydrogen-bond acceptors (Lipinski definition) is 3. The lowest BCUT2D eigenvalue weighted by Crippen LogP contribution is -2.48. The maximum atomic E-state index is 9.08. The summed E-state index contributed by atoms with van der Waals surface area (Å²) in [5.74, 6) is 0. The predicted octanol–water partition coefficient (Wildman–Crippen LogP) is 0.214. The minimum atomic E-state index is 0.191. The summed E-state index contributed by atoms with van der Waals surface area (Å²) >= 11 is 0. The Bertz CT molecular complexity index is 130. The van der Waals surface area contributed by atoms with E-state index in [2.05, 4.69) is 4.90 Å². The number of piperidine rings is 1. The van der Waals surface area contributed by atoms with E-state index in [-0.39, 0.29) is 25.3 Å². The average Bonchev–Trinajstić information content (AvgIpc) is 2.16. The van der Waals surface area contributed by atoms with Crippen molar-refractivity contribution in [2.75, 3.05) is 19.8 Å². The van der Waals surface area contributed by atoms with E-state index in [1.807, 2.05) is 6.92 Å². The lowest BCUT2D eigenvalue weighted by atomic mass is 10.0. The topological polar surface area (TPSA) is 43.7 Å². The molecule has 0 saturated carbocycles. The highest BCUT2D eigenvalue weighted by atomic mass is 16.3. The second-order valence-electron chi connectivity index (χ2n) is 3.60. The lowest BCUT2D eigenvalue weighted by molar-refractivity contribution is 0.0358. The molecule has 1 aliphatic rings. The van der Waals surface area contributed by atoms with Crippen LogP contribution in [0, 0.1) is 0 Å². The Morgan fingerprint density at radius 2 is 2.17 bits per heavy atom. The van der Waals surface area contributed by atoms with E-state index < -0.39 is 0 Å². The summed E-state index contributed by atoms with van der Waals surface area (Å²) in [5.41, 5.74) is 0. The van der Waals surface area contributed by atoms with Crippen LogP contribution in [-0.4, -0.2) is 47.0 Å². The molecule has 2 N–H and O–H groups in total. The van der Waals surface area contributed by atoms with Crippen LogP contribution in [0.5, 0.6) is 0 Å². The molecule has 1 heterocycles. The van der Waals surface area contributed by atoms with Gasteiger partial charge in [-0.1, -0.05) is 6.42 Å². The molecule has 0 amide bonds. The van der Waals surface area contributed by atoms with Crippen molar-refractivity contribution in [1.29, 1.82) is 0 Å². The molecule has 1 fully saturated rings. The Balaban J connectivity index is 2.46. The van der Waals surface area contributed by atoms with Crippen LogP contribution < -0.4 is 0 Å². The Hall–Kier alpha value is -0.120. The van der Waals surface area contributed by atoms with Gasteiger partial charge in [0.15, 0.2) is 0 Å². The zero-order valence-electron chi connectivity index (χ0n) is 7.74. The van der Waals surface area contributed by atoms with Crippen LogP contribution in [0.25, 0.3) is 0 Å². The molecule has 0 aromatic heterocycles. The molecule has 1 saturated heterocycles. The summed E-state index contributed by atoms with van der Waals surface area (Å²) in [6.45, 7) is 3.45. The maximum absolute atomic E-state index is 9.08. The fraction of sp³-hybridized carbons (Fsp3) is 1.00. The second-order valence-corrected chi connectivity index (χ2v) is 3.60. The summed E-state index contributed by atoms with van der Waals surface area (Å²) in [4.78, 5) is 2.21. The standard InChI is InChI=1S/C9H19NO2/c1-8(6-11)10-5-3-2-4-9(10)7-12/h8-9,11-12H,2-7H2,1H3. The highest BCUT2D eigenvalue weighted by Crippen LogP contribution is 2.18. The molecule has 2 atom stereocenters. The number of aliphatic hydroxyl groups is 2. The summed E-state index contributed by atoms with van der Waals surface area (Å²) in [6, 6.07) is 0.475. The van der Waals surface area contributed by atoms with Crippen molar-refractivity contribution in [3.63, 3.8) is 0 Å². The van der Waals surface area contributed by atoms with E-state index in [1.54, 1.807) is 0 Å². The molecule has 2 unspecified atom stereocenters. The first-order chi connectivity index (χ1) is 5.79. The molecular formula is C9H19NO2. The molecular weight excluding hydrogens is 154 g/mol. The molecule has 1 aliphatic heterocycles. The highest BCUT2D eigenvalue weighted by molar-refractivity contribution is 4.79. The smallest absolute Gasteiger partial charge is 0.0586 e. The SMILES string of the molecule is CC(CO)N1CCCCC1CO. The number of nitrogens with zero attached hydrogens (tertiary/aromatic N) is 1. The van der Waals surface area contributed by atoms with E-state index in [1.165, 1.54) is 12.8 Å². The molecule has 0 radical (unpaired) electrons. The van der Waals surface area contributed by atoms with Crippen LogP contribution in [0.15, 0.2) is 0 Å². The van der Waals surface area contributed by atoms with Crippen LogP contribution in [0.4, 0.5) is 0 Å². The molecule has 3 heteroatoms. The number of likely N-dealkylation sites (tertiary alicyclic amines) is 1. The minimum absolute atomic E-state index is 0.191. The molecule has 0 spiro atoms. The first kappa shape index (κ1) is 9.96. The zero-order valence-corrected chi connectivity index (χ0v) is 7.74. The fourth-order valence-corrected chi connectivity index (χ4v) is 1.90. The predicted molar refractivity (Wildman–Crippen MR) is 48.0 cm³/mol. The average molecular weight is 173 g/mol. The van der Waals surface area contributed by atoms with Gasteiger partial charge in [0.2, 0.25) is 0 Å². The van der Waals surface area contributed by atoms with Crippen LogP contribution in [0.1, 0.15) is 26.2 Å². The van der Waals surface area contributed by atoms with Crippen molar-refractivity contribution < 1.29 is 10.2 Å². The Labute approximate surface area is 74.0 Å². The van der Waals surface area contributed by atoms with E-state index in [9.17, 15) is 0 Å². The van der Waals surface area contributed by atoms with E-state index in [0.717, 1.165) is 13.0 Å². The Kier molecular flexibility index (Phi) is 3.98. The van der Waals surface area contributed by atoms with Crippen LogP contribution in [-0.2, 0) is 0 Å². The Morgan fingerprint density at radius 3 is 2.75 bits per heavy atom. The number of rotatable bonds is 3. The summed E-state index contributed by atoms with van der Waals surface area (Å²) in [6.07, 6.45) is 3.47. The van der Waals surface area contributed by atoms with E-state index in [4.69, 9.17) is 10.2 Å². The molecule has 0 aromatic carbocycles. The summed E-state index contributed by atoms with van der Waals surface area (Å²) < 4.78 is 0. The second kappa shape index (κ2) is 4.80. The largest absolute Gasteiger partial charge is 0.395 e. The van der Waals surface area contributed by atoms with Gasteiger partial charge < -0.3 is 10.2 Å². The normalized spacial score (nSPS) is 28.8. The van der Waals surface area contributed by atoms with Crippen molar-refractivity contribution >= 4 is 0 Å². The van der Waals surface area contributed by atoms with Crippen molar-refractivity contribution in [1.82, 2.24) is 4.90 Å². The Morgan fingerprint density at radius 1 is 1.42 bits per heavy atom. The van der Waals surface area contributed by atoms with Gasteiger partial charge in [0, 0.05) is 12.1 Å². The third-order valence-corrected chi connectivity index (χ3v) is 2.71. The summed E-state index contributed by atoms with van der Waals surface area (Å²) in [5, 5.41) is 18.1. The van der Waals surface area contributed by atoms with Gasteiger partial charge in [-0.05, 0) is 26.3 Å². The maximum Gasteiger partial charge on any atom is 0.0586 e. The molecule has 0 aromatic rings. The quantitative estimate of drug-likeness (QED) is 0.641. The van der Waals surface area contributed by atoms with Gasteiger partial charge in [-0.3, -0.25) is 4.90 Å². The molecule has 3 nitrogen and oxygen atoms in total. The minimum Gasteiger partial charge on any atom is -0.395 e. The zero-order chi connectivity index (χ0) is 8.97. The molecule has 0 aliphatic carbocycles. The van der Waals surface area contributed by atoms with Gasteiger partial charge in [-0.25, -0.2) is 0 Å². The third kappa shape index (κ3) is 2.19. The summed E-state index contributed by atoms with van der Waals surface area (Å²) in [7, 11) is 0. The van der Waals surface area contributed by atoms with Crippen molar-refractivity contribution in [3.8, 4) is 0 Å². The van der Waals surface area contributed by atoms with Crippen molar-refractivity contribution in [3.05, 3.63) is 0 Å². The van der Waals surface area contributed by atoms with Crippen LogP contribution in [0.2, 0.25) is 0 Å². The van der Waals surface area contributed by atoms with Crippen LogP contribution in [0.3, 0.4) is 0 Å². The molecule has 1 rings (SSSR count). The van der Waals surface area contributed by atoms with Gasteiger partial charge in [-0.2, -0.15) is 0 Å². The van der Waals surface area contributed by atoms with Gasteiger partial charge in [-0.15, -0.1) is 0 Å². The molecule has 72 valence electrons. The first-order valence-electron chi connectivity index (χ1n) is 4.77. The van der Waals surface area contributed by atoms with E-state index >= 15 is 0 Å². The monoisotopic (exact) mass is 173 g/mol. The first-order valence-corrected chi connectivity index (χ1v) is 4.77. The van der Waals surface area contributed by atoms with Crippen molar-refractivity contribution in [2.24, 2.45) is 0 Å². The van der Waals surface area contributed by atoms with Crippen LogP contribution >= 0.6 is 0 Å². The number of hydrogen-bond donors (Lipinski definition) is 2. The van der Waals surface area contributed by atoms with Gasteiger partial charge in [0.1, 0.15) is 0 Å². The van der Waals surface area contributed by atoms with Gasteiger partial charge in [0.05, 0.1) is 13.2 Å². The van der Waals surface area contributed by atoms with Gasteiger partial charge >= 0.3 is 0 Å².